The second-order valence-corrected chi connectivity index (χ2v) is 5.18. The van der Waals surface area contributed by atoms with Gasteiger partial charge in [-0.05, 0) is 25.5 Å². The van der Waals surface area contributed by atoms with E-state index in [0.29, 0.717) is 5.95 Å². The lowest BCUT2D eigenvalue weighted by atomic mass is 10.1. The maximum absolute atomic E-state index is 11.2. The van der Waals surface area contributed by atoms with Crippen molar-refractivity contribution in [2.24, 2.45) is 12.0 Å². The van der Waals surface area contributed by atoms with Crippen molar-refractivity contribution in [2.75, 3.05) is 7.11 Å². The number of aliphatic imine (C=N–C) groups is 1. The zero-order valence-corrected chi connectivity index (χ0v) is 14.3. The lowest BCUT2D eigenvalue weighted by molar-refractivity contribution is -0.0537. The molecule has 1 atom stereocenters. The van der Waals surface area contributed by atoms with Crippen LogP contribution in [0.2, 0.25) is 0 Å². The van der Waals surface area contributed by atoms with Gasteiger partial charge in [-0.25, -0.2) is 9.48 Å². The molecule has 0 amide bonds. The van der Waals surface area contributed by atoms with E-state index in [2.05, 4.69) is 19.8 Å². The lowest BCUT2D eigenvalue weighted by Gasteiger charge is -2.17. The molecule has 128 valence electrons. The minimum absolute atomic E-state index is 0.278. The van der Waals surface area contributed by atoms with Gasteiger partial charge in [-0.2, -0.15) is 15.1 Å². The number of aryl methyl sites for hydroxylation is 3. The Bertz CT molecular complexity index is 754. The summed E-state index contributed by atoms with van der Waals surface area (Å²) in [5.74, 6) is 0.648. The lowest BCUT2D eigenvalue weighted by Crippen LogP contribution is -2.23. The van der Waals surface area contributed by atoms with Gasteiger partial charge in [0, 0.05) is 19.5 Å². The van der Waals surface area contributed by atoms with E-state index in [9.17, 15) is 4.79 Å². The fourth-order valence-corrected chi connectivity index (χ4v) is 2.05. The van der Waals surface area contributed by atoms with Crippen molar-refractivity contribution < 1.29 is 19.0 Å². The van der Waals surface area contributed by atoms with Gasteiger partial charge in [-0.15, -0.1) is 0 Å². The van der Waals surface area contributed by atoms with E-state index in [4.69, 9.17) is 9.47 Å². The molecular formula is C16H20N4O4. The average molecular weight is 332 g/mol. The summed E-state index contributed by atoms with van der Waals surface area (Å²) < 4.78 is 16.6. The summed E-state index contributed by atoms with van der Waals surface area (Å²) in [6.45, 7) is 5.52. The van der Waals surface area contributed by atoms with Crippen molar-refractivity contribution in [1.82, 2.24) is 14.8 Å². The maximum Gasteiger partial charge on any atom is 0.511 e. The van der Waals surface area contributed by atoms with Gasteiger partial charge >= 0.3 is 6.16 Å². The molecule has 0 aliphatic rings. The number of rotatable bonds is 4. The first-order valence-corrected chi connectivity index (χ1v) is 7.32. The Morgan fingerprint density at radius 3 is 2.62 bits per heavy atom. The van der Waals surface area contributed by atoms with Crippen LogP contribution < -0.4 is 0 Å². The van der Waals surface area contributed by atoms with E-state index in [1.165, 1.54) is 18.1 Å². The molecule has 1 aromatic heterocycles. The topological polar surface area (TPSA) is 87.8 Å². The first-order valence-electron chi connectivity index (χ1n) is 7.32. The molecule has 8 nitrogen and oxygen atoms in total. The van der Waals surface area contributed by atoms with Gasteiger partial charge < -0.3 is 14.2 Å². The smallest absolute Gasteiger partial charge is 0.438 e. The molecule has 0 N–H and O–H groups in total. The molecule has 0 aliphatic heterocycles. The third-order valence-electron chi connectivity index (χ3n) is 3.21. The molecule has 0 saturated carbocycles. The number of hydrogen-bond acceptors (Lipinski definition) is 7. The first kappa shape index (κ1) is 17.5. The SMILES string of the molecule is COC(=O)OC(C)OC(=Nc1ncnn1C)c1ccc(C)cc1C. The van der Waals surface area contributed by atoms with E-state index in [-0.39, 0.29) is 5.90 Å². The molecule has 24 heavy (non-hydrogen) atoms. The molecule has 0 saturated heterocycles. The zero-order chi connectivity index (χ0) is 17.7. The van der Waals surface area contributed by atoms with Gasteiger partial charge in [0.15, 0.2) is 0 Å². The van der Waals surface area contributed by atoms with Crippen molar-refractivity contribution >= 4 is 18.0 Å². The number of hydrogen-bond donors (Lipinski definition) is 0. The highest BCUT2D eigenvalue weighted by Crippen LogP contribution is 2.17. The molecule has 0 fully saturated rings. The minimum Gasteiger partial charge on any atom is -0.438 e. The van der Waals surface area contributed by atoms with Crippen LogP contribution in [0.25, 0.3) is 0 Å². The minimum atomic E-state index is -0.884. The molecule has 2 aromatic rings. The third kappa shape index (κ3) is 4.31. The van der Waals surface area contributed by atoms with Gasteiger partial charge in [-0.3, -0.25) is 0 Å². The van der Waals surface area contributed by atoms with Crippen molar-refractivity contribution in [3.63, 3.8) is 0 Å². The Morgan fingerprint density at radius 1 is 1.29 bits per heavy atom. The van der Waals surface area contributed by atoms with Gasteiger partial charge in [0.05, 0.1) is 7.11 Å². The molecule has 0 spiro atoms. The van der Waals surface area contributed by atoms with Gasteiger partial charge in [0.2, 0.25) is 12.2 Å². The van der Waals surface area contributed by atoms with Crippen LogP contribution in [0.15, 0.2) is 29.5 Å². The van der Waals surface area contributed by atoms with E-state index in [0.717, 1.165) is 16.7 Å². The standard InChI is InChI=1S/C16H20N4O4/c1-10-6-7-13(11(2)8-10)14(19-15-17-9-18-20(15)4)23-12(3)24-16(21)22-5/h6-9,12H,1-5H3. The second kappa shape index (κ2) is 7.58. The number of ether oxygens (including phenoxy) is 3. The zero-order valence-electron chi connectivity index (χ0n) is 14.3. The van der Waals surface area contributed by atoms with Crippen molar-refractivity contribution in [3.05, 3.63) is 41.2 Å². The number of methoxy groups -OCH3 is 1. The van der Waals surface area contributed by atoms with Crippen LogP contribution in [0.4, 0.5) is 10.7 Å². The van der Waals surface area contributed by atoms with Crippen LogP contribution in [-0.2, 0) is 21.3 Å². The normalized spacial score (nSPS) is 12.6. The highest BCUT2D eigenvalue weighted by atomic mass is 16.8. The van der Waals surface area contributed by atoms with Crippen LogP contribution in [-0.4, -0.2) is 40.2 Å². The molecule has 1 heterocycles. The Hall–Kier alpha value is -2.90. The Kier molecular flexibility index (Phi) is 5.51. The summed E-state index contributed by atoms with van der Waals surface area (Å²) >= 11 is 0. The number of carbonyl (C=O) groups excluding carboxylic acids is 1. The molecule has 1 aromatic carbocycles. The second-order valence-electron chi connectivity index (χ2n) is 5.18. The monoisotopic (exact) mass is 332 g/mol. The fourth-order valence-electron chi connectivity index (χ4n) is 2.05. The molecule has 0 bridgehead atoms. The summed E-state index contributed by atoms with van der Waals surface area (Å²) in [5, 5.41) is 3.98. The molecule has 0 aliphatic carbocycles. The summed E-state index contributed by atoms with van der Waals surface area (Å²) in [6, 6.07) is 5.85. The Balaban J connectivity index is 2.36. The summed E-state index contributed by atoms with van der Waals surface area (Å²) in [6.07, 6.45) is -0.321. The quantitative estimate of drug-likeness (QED) is 0.370. The fraction of sp³-hybridized carbons (Fsp3) is 0.375. The molecular weight excluding hydrogens is 312 g/mol. The summed E-state index contributed by atoms with van der Waals surface area (Å²) in [5.41, 5.74) is 2.86. The largest absolute Gasteiger partial charge is 0.511 e. The summed E-state index contributed by atoms with van der Waals surface area (Å²) in [4.78, 5) is 19.7. The van der Waals surface area contributed by atoms with E-state index >= 15 is 0 Å². The van der Waals surface area contributed by atoms with Crippen molar-refractivity contribution in [2.45, 2.75) is 27.1 Å². The first-order chi connectivity index (χ1) is 11.4. The predicted molar refractivity (Wildman–Crippen MR) is 87.2 cm³/mol. The summed E-state index contributed by atoms with van der Waals surface area (Å²) in [7, 11) is 2.95. The number of aromatic nitrogens is 3. The molecule has 8 heteroatoms. The number of benzene rings is 1. The highest BCUT2D eigenvalue weighted by Gasteiger charge is 2.17. The third-order valence-corrected chi connectivity index (χ3v) is 3.21. The van der Waals surface area contributed by atoms with Gasteiger partial charge in [-0.1, -0.05) is 17.7 Å². The molecule has 0 radical (unpaired) electrons. The Morgan fingerprint density at radius 2 is 2.04 bits per heavy atom. The van der Waals surface area contributed by atoms with Crippen LogP contribution >= 0.6 is 0 Å². The molecule has 2 rings (SSSR count). The van der Waals surface area contributed by atoms with E-state index in [1.807, 2.05) is 32.0 Å². The van der Waals surface area contributed by atoms with Crippen molar-refractivity contribution in [1.29, 1.82) is 0 Å². The van der Waals surface area contributed by atoms with Gasteiger partial charge in [0.25, 0.3) is 5.95 Å². The Labute approximate surface area is 140 Å². The highest BCUT2D eigenvalue weighted by molar-refractivity contribution is 5.97. The van der Waals surface area contributed by atoms with Crippen LogP contribution in [0.3, 0.4) is 0 Å². The molecule has 1 unspecified atom stereocenters. The van der Waals surface area contributed by atoms with Gasteiger partial charge in [0.1, 0.15) is 6.33 Å². The van der Waals surface area contributed by atoms with E-state index in [1.54, 1.807) is 14.0 Å². The van der Waals surface area contributed by atoms with Crippen LogP contribution in [0.1, 0.15) is 23.6 Å². The average Bonchev–Trinajstić information content (AvgIpc) is 2.91. The maximum atomic E-state index is 11.2. The van der Waals surface area contributed by atoms with Crippen molar-refractivity contribution in [3.8, 4) is 0 Å². The van der Waals surface area contributed by atoms with E-state index < -0.39 is 12.4 Å². The predicted octanol–water partition coefficient (Wildman–Crippen LogP) is 2.66. The van der Waals surface area contributed by atoms with Crippen LogP contribution in [0, 0.1) is 13.8 Å². The number of nitrogens with zero attached hydrogens (tertiary/aromatic N) is 4. The van der Waals surface area contributed by atoms with Crippen LogP contribution in [0.5, 0.6) is 0 Å². The number of carbonyl (C=O) groups is 1.